The van der Waals surface area contributed by atoms with Gasteiger partial charge in [0.1, 0.15) is 23.5 Å². The molecule has 148 valence electrons. The van der Waals surface area contributed by atoms with E-state index in [0.29, 0.717) is 6.61 Å². The van der Waals surface area contributed by atoms with Gasteiger partial charge in [-0.25, -0.2) is 0 Å². The topological polar surface area (TPSA) is 69.1 Å². The summed E-state index contributed by atoms with van der Waals surface area (Å²) >= 11 is 1.19. The Labute approximate surface area is 169 Å². The molecular weight excluding hydrogens is 376 g/mol. The third kappa shape index (κ3) is 4.78. The van der Waals surface area contributed by atoms with Crippen molar-refractivity contribution in [3.05, 3.63) is 48.0 Å². The van der Waals surface area contributed by atoms with Crippen molar-refractivity contribution in [1.82, 2.24) is 0 Å². The molecular formula is C21H24N2O4S. The third-order valence-electron chi connectivity index (χ3n) is 4.54. The number of anilines is 1. The van der Waals surface area contributed by atoms with Crippen LogP contribution in [0.5, 0.6) is 11.5 Å². The molecule has 0 atom stereocenters. The van der Waals surface area contributed by atoms with Crippen molar-refractivity contribution < 1.29 is 18.6 Å². The summed E-state index contributed by atoms with van der Waals surface area (Å²) in [5, 5.41) is 6.83. The fraction of sp³-hybridized carbons (Fsp3) is 0.333. The van der Waals surface area contributed by atoms with Gasteiger partial charge in [-0.3, -0.25) is 4.79 Å². The maximum Gasteiger partial charge on any atom is 0.234 e. The molecule has 7 heteroatoms. The average molecular weight is 401 g/mol. The van der Waals surface area contributed by atoms with Gasteiger partial charge in [-0.05, 0) is 74.7 Å². The second kappa shape index (κ2) is 9.01. The van der Waals surface area contributed by atoms with E-state index in [-0.39, 0.29) is 5.91 Å². The van der Waals surface area contributed by atoms with Gasteiger partial charge in [0.15, 0.2) is 0 Å². The zero-order chi connectivity index (χ0) is 20.0. The molecule has 2 aromatic rings. The van der Waals surface area contributed by atoms with E-state index >= 15 is 0 Å². The normalized spacial score (nSPS) is 14.6. The van der Waals surface area contributed by atoms with Crippen molar-refractivity contribution in [2.45, 2.75) is 37.0 Å². The predicted octanol–water partition coefficient (Wildman–Crippen LogP) is 4.79. The lowest BCUT2D eigenvalue weighted by molar-refractivity contribution is -0.119. The highest BCUT2D eigenvalue weighted by Crippen LogP contribution is 2.39. The van der Waals surface area contributed by atoms with Crippen molar-refractivity contribution in [3.63, 3.8) is 0 Å². The number of carbonyl (C=O) groups excluding carboxylic acids is 1. The molecule has 2 aromatic carbocycles. The van der Waals surface area contributed by atoms with Crippen LogP contribution in [0.3, 0.4) is 0 Å². The van der Waals surface area contributed by atoms with Crippen LogP contribution in [0.4, 0.5) is 5.69 Å². The number of methoxy groups -OCH3 is 1. The molecule has 1 amide bonds. The first-order valence-electron chi connectivity index (χ1n) is 9.09. The molecule has 3 rings (SSSR count). The Bertz CT molecular complexity index is 850. The molecule has 0 bridgehead atoms. The van der Waals surface area contributed by atoms with E-state index in [4.69, 9.17) is 13.8 Å². The van der Waals surface area contributed by atoms with Gasteiger partial charge in [0.2, 0.25) is 5.91 Å². The van der Waals surface area contributed by atoms with Crippen LogP contribution in [0.2, 0.25) is 0 Å². The van der Waals surface area contributed by atoms with Crippen molar-refractivity contribution in [2.24, 2.45) is 5.16 Å². The predicted molar refractivity (Wildman–Crippen MR) is 111 cm³/mol. The molecule has 1 aliphatic heterocycles. The number of nitrogens with one attached hydrogen (secondary N) is 1. The molecule has 1 N–H and O–H groups in total. The summed E-state index contributed by atoms with van der Waals surface area (Å²) in [4.78, 5) is 12.9. The van der Waals surface area contributed by atoms with Crippen LogP contribution in [0.25, 0.3) is 0 Å². The third-order valence-corrected chi connectivity index (χ3v) is 5.16. The maximum absolute atomic E-state index is 12.0. The van der Waals surface area contributed by atoms with Crippen molar-refractivity contribution in [3.8, 4) is 11.5 Å². The van der Waals surface area contributed by atoms with Gasteiger partial charge in [-0.1, -0.05) is 5.16 Å². The smallest absolute Gasteiger partial charge is 0.234 e. The Morgan fingerprint density at radius 2 is 1.89 bits per heavy atom. The van der Waals surface area contributed by atoms with Crippen molar-refractivity contribution in [2.75, 3.05) is 19.0 Å². The number of ether oxygens (including phenoxy) is 2. The molecule has 0 aliphatic carbocycles. The SMILES string of the molecule is COc1ccc(SON=CCCCOc2ccc3c(c2)C(C)(C)C(=O)N3)cc1. The van der Waals surface area contributed by atoms with E-state index in [9.17, 15) is 4.79 Å². The van der Waals surface area contributed by atoms with E-state index in [1.54, 1.807) is 13.3 Å². The van der Waals surface area contributed by atoms with Crippen LogP contribution in [0.15, 0.2) is 52.5 Å². The number of benzene rings is 2. The molecule has 0 radical (unpaired) electrons. The lowest BCUT2D eigenvalue weighted by atomic mass is 9.86. The molecule has 0 saturated carbocycles. The maximum atomic E-state index is 12.0. The lowest BCUT2D eigenvalue weighted by Crippen LogP contribution is -2.26. The van der Waals surface area contributed by atoms with E-state index in [2.05, 4.69) is 10.5 Å². The summed E-state index contributed by atoms with van der Waals surface area (Å²) in [6.07, 6.45) is 3.30. The van der Waals surface area contributed by atoms with Crippen molar-refractivity contribution >= 4 is 29.9 Å². The monoisotopic (exact) mass is 400 g/mol. The first-order chi connectivity index (χ1) is 13.5. The minimum absolute atomic E-state index is 0.0170. The summed E-state index contributed by atoms with van der Waals surface area (Å²) in [6.45, 7) is 4.40. The highest BCUT2D eigenvalue weighted by Gasteiger charge is 2.38. The molecule has 28 heavy (non-hydrogen) atoms. The number of carbonyl (C=O) groups is 1. The van der Waals surface area contributed by atoms with E-state index < -0.39 is 5.41 Å². The van der Waals surface area contributed by atoms with E-state index in [0.717, 1.165) is 40.5 Å². The number of hydrogen-bond donors (Lipinski definition) is 1. The second-order valence-electron chi connectivity index (χ2n) is 6.90. The second-order valence-corrected chi connectivity index (χ2v) is 7.69. The minimum atomic E-state index is -0.528. The van der Waals surface area contributed by atoms with E-state index in [1.165, 1.54) is 12.0 Å². The van der Waals surface area contributed by atoms with Gasteiger partial charge in [0.25, 0.3) is 0 Å². The van der Waals surface area contributed by atoms with Gasteiger partial charge < -0.3 is 19.1 Å². The highest BCUT2D eigenvalue weighted by atomic mass is 32.2. The number of fused-ring (bicyclic) bond motifs is 1. The Hall–Kier alpha value is -2.67. The van der Waals surface area contributed by atoms with Crippen LogP contribution in [0.1, 0.15) is 32.3 Å². The molecule has 0 spiro atoms. The summed E-state index contributed by atoms with van der Waals surface area (Å²) in [5.41, 5.74) is 1.31. The molecule has 0 unspecified atom stereocenters. The summed E-state index contributed by atoms with van der Waals surface area (Å²) < 4.78 is 16.1. The van der Waals surface area contributed by atoms with Crippen LogP contribution in [-0.2, 0) is 14.5 Å². The molecule has 6 nitrogen and oxygen atoms in total. The fourth-order valence-electron chi connectivity index (χ4n) is 2.78. The molecule has 0 saturated heterocycles. The zero-order valence-electron chi connectivity index (χ0n) is 16.2. The average Bonchev–Trinajstić information content (AvgIpc) is 2.93. The Morgan fingerprint density at radius 3 is 2.64 bits per heavy atom. The first kappa shape index (κ1) is 20.1. The number of oxime groups is 1. The molecule has 1 heterocycles. The van der Waals surface area contributed by atoms with Crippen molar-refractivity contribution in [1.29, 1.82) is 0 Å². The quantitative estimate of drug-likeness (QED) is 0.284. The van der Waals surface area contributed by atoms with Crippen LogP contribution >= 0.6 is 12.0 Å². The summed E-state index contributed by atoms with van der Waals surface area (Å²) in [6, 6.07) is 13.3. The van der Waals surface area contributed by atoms with Gasteiger partial charge in [0.05, 0.1) is 24.0 Å². The number of amides is 1. The first-order valence-corrected chi connectivity index (χ1v) is 9.83. The number of hydrogen-bond acceptors (Lipinski definition) is 6. The van der Waals surface area contributed by atoms with Crippen LogP contribution in [0, 0.1) is 0 Å². The summed E-state index contributed by atoms with van der Waals surface area (Å²) in [7, 11) is 1.63. The van der Waals surface area contributed by atoms with Crippen LogP contribution in [-0.4, -0.2) is 25.8 Å². The Kier molecular flexibility index (Phi) is 6.46. The largest absolute Gasteiger partial charge is 0.497 e. The number of nitrogens with zero attached hydrogens (tertiary/aromatic N) is 1. The number of unbranched alkanes of at least 4 members (excludes halogenated alkanes) is 1. The summed E-state index contributed by atoms with van der Waals surface area (Å²) in [5.74, 6) is 1.59. The van der Waals surface area contributed by atoms with E-state index in [1.807, 2.05) is 56.3 Å². The lowest BCUT2D eigenvalue weighted by Gasteiger charge is -2.16. The zero-order valence-corrected chi connectivity index (χ0v) is 17.0. The van der Waals surface area contributed by atoms with Gasteiger partial charge in [-0.15, -0.1) is 0 Å². The highest BCUT2D eigenvalue weighted by molar-refractivity contribution is 7.94. The van der Waals surface area contributed by atoms with Gasteiger partial charge >= 0.3 is 0 Å². The van der Waals surface area contributed by atoms with Crippen LogP contribution < -0.4 is 14.8 Å². The Morgan fingerprint density at radius 1 is 1.14 bits per heavy atom. The fourth-order valence-corrected chi connectivity index (χ4v) is 3.22. The number of rotatable bonds is 9. The Balaban J connectivity index is 1.35. The minimum Gasteiger partial charge on any atom is -0.497 e. The van der Waals surface area contributed by atoms with Gasteiger partial charge in [-0.2, -0.15) is 0 Å². The molecule has 0 fully saturated rings. The molecule has 0 aromatic heterocycles. The molecule has 1 aliphatic rings. The standard InChI is InChI=1S/C21H24N2O4S/c1-21(2)18-14-16(8-11-19(18)23-20(21)24)26-13-5-4-12-22-27-28-17-9-6-15(25-3)7-10-17/h6-12,14H,4-5,13H2,1-3H3,(H,23,24). The van der Waals surface area contributed by atoms with Gasteiger partial charge in [0, 0.05) is 11.9 Å².